The van der Waals surface area contributed by atoms with Crippen LogP contribution in [0, 0.1) is 0 Å². The number of halogens is 3. The summed E-state index contributed by atoms with van der Waals surface area (Å²) in [6, 6.07) is 0. The van der Waals surface area contributed by atoms with Crippen LogP contribution >= 0.6 is 0 Å². The minimum absolute atomic E-state index is 0.117. The molecule has 0 saturated carbocycles. The molecule has 1 unspecified atom stereocenters. The summed E-state index contributed by atoms with van der Waals surface area (Å²) in [5.74, 6) is -3.45. The lowest BCUT2D eigenvalue weighted by Crippen LogP contribution is -2.36. The Bertz CT molecular complexity index is 125. The topological polar surface area (TPSA) is 9.23 Å². The van der Waals surface area contributed by atoms with Crippen molar-refractivity contribution in [3.8, 4) is 0 Å². The van der Waals surface area contributed by atoms with Crippen molar-refractivity contribution in [2.45, 2.75) is 19.0 Å². The summed E-state index contributed by atoms with van der Waals surface area (Å²) >= 11 is 0. The molecule has 66 valence electrons. The van der Waals surface area contributed by atoms with Gasteiger partial charge in [0, 0.05) is 6.61 Å². The van der Waals surface area contributed by atoms with Crippen molar-refractivity contribution in [1.82, 2.24) is 0 Å². The lowest BCUT2D eigenvalue weighted by molar-refractivity contribution is -0.124. The van der Waals surface area contributed by atoms with Crippen molar-refractivity contribution >= 4 is 0 Å². The zero-order valence-corrected chi connectivity index (χ0v) is 6.32. The van der Waals surface area contributed by atoms with Gasteiger partial charge in [0.15, 0.2) is 6.67 Å². The van der Waals surface area contributed by atoms with Crippen molar-refractivity contribution in [1.29, 1.82) is 0 Å². The third-order valence-corrected chi connectivity index (χ3v) is 1.15. The summed E-state index contributed by atoms with van der Waals surface area (Å²) in [5, 5.41) is 0. The van der Waals surface area contributed by atoms with Crippen LogP contribution in [0.1, 0.15) is 6.92 Å². The molecule has 0 saturated heterocycles. The van der Waals surface area contributed by atoms with E-state index in [1.165, 1.54) is 0 Å². The van der Waals surface area contributed by atoms with Gasteiger partial charge in [-0.3, -0.25) is 0 Å². The Morgan fingerprint density at radius 2 is 2.18 bits per heavy atom. The molecule has 0 fully saturated rings. The Balaban J connectivity index is 4.10. The fraction of sp³-hybridized carbons (Fsp3) is 0.714. The average molecular weight is 168 g/mol. The standard InChI is InChI=1S/C7H11F3O/c1-3-6(11-4-2)7(9,10)5-8/h3,6H,1,4-5H2,2H3. The molecular formula is C7H11F3O. The molecule has 1 nitrogen and oxygen atoms in total. The number of alkyl halides is 3. The smallest absolute Gasteiger partial charge is 0.304 e. The van der Waals surface area contributed by atoms with Gasteiger partial charge in [0.1, 0.15) is 6.10 Å². The molecule has 0 aliphatic heterocycles. The second-order valence-electron chi connectivity index (χ2n) is 2.01. The Morgan fingerprint density at radius 3 is 2.45 bits per heavy atom. The summed E-state index contributed by atoms with van der Waals surface area (Å²) in [4.78, 5) is 0. The highest BCUT2D eigenvalue weighted by atomic mass is 19.3. The predicted molar refractivity (Wildman–Crippen MR) is 36.5 cm³/mol. The normalized spacial score (nSPS) is 14.5. The number of hydrogen-bond donors (Lipinski definition) is 0. The Hall–Kier alpha value is -0.510. The zero-order chi connectivity index (χ0) is 8.91. The first-order valence-corrected chi connectivity index (χ1v) is 3.26. The van der Waals surface area contributed by atoms with Gasteiger partial charge < -0.3 is 4.74 Å². The second-order valence-corrected chi connectivity index (χ2v) is 2.01. The summed E-state index contributed by atoms with van der Waals surface area (Å²) in [5.41, 5.74) is 0. The molecular weight excluding hydrogens is 157 g/mol. The quantitative estimate of drug-likeness (QED) is 0.572. The van der Waals surface area contributed by atoms with Gasteiger partial charge in [-0.15, -0.1) is 6.58 Å². The van der Waals surface area contributed by atoms with Crippen molar-refractivity contribution in [3.63, 3.8) is 0 Å². The molecule has 0 N–H and O–H groups in total. The molecule has 11 heavy (non-hydrogen) atoms. The first kappa shape index (κ1) is 10.5. The summed E-state index contributed by atoms with van der Waals surface area (Å²) in [6.45, 7) is 3.08. The Morgan fingerprint density at radius 1 is 1.64 bits per heavy atom. The molecule has 0 aromatic carbocycles. The Labute approximate surface area is 63.8 Å². The first-order valence-electron chi connectivity index (χ1n) is 3.26. The summed E-state index contributed by atoms with van der Waals surface area (Å²) < 4.78 is 41.1. The van der Waals surface area contributed by atoms with Crippen LogP contribution in [0.5, 0.6) is 0 Å². The van der Waals surface area contributed by atoms with Gasteiger partial charge in [-0.25, -0.2) is 13.2 Å². The molecule has 0 amide bonds. The van der Waals surface area contributed by atoms with E-state index in [2.05, 4.69) is 11.3 Å². The number of ether oxygens (including phenoxy) is 1. The van der Waals surface area contributed by atoms with Crippen LogP contribution in [0.3, 0.4) is 0 Å². The highest BCUT2D eigenvalue weighted by Crippen LogP contribution is 2.22. The van der Waals surface area contributed by atoms with Crippen LogP contribution < -0.4 is 0 Å². The maximum atomic E-state index is 12.4. The van der Waals surface area contributed by atoms with E-state index in [0.717, 1.165) is 6.08 Å². The van der Waals surface area contributed by atoms with Gasteiger partial charge in [-0.2, -0.15) is 0 Å². The second kappa shape index (κ2) is 4.38. The lowest BCUT2D eigenvalue weighted by Gasteiger charge is -2.20. The fourth-order valence-electron chi connectivity index (χ4n) is 0.618. The molecule has 0 spiro atoms. The molecule has 0 aromatic heterocycles. The number of hydrogen-bond acceptors (Lipinski definition) is 1. The fourth-order valence-corrected chi connectivity index (χ4v) is 0.618. The summed E-state index contributed by atoms with van der Waals surface area (Å²) in [6.07, 6.45) is -0.610. The van der Waals surface area contributed by atoms with Gasteiger partial charge in [0.2, 0.25) is 0 Å². The third-order valence-electron chi connectivity index (χ3n) is 1.15. The first-order chi connectivity index (χ1) is 5.08. The molecule has 0 heterocycles. The van der Waals surface area contributed by atoms with Gasteiger partial charge in [0.25, 0.3) is 0 Å². The van der Waals surface area contributed by atoms with Gasteiger partial charge >= 0.3 is 5.92 Å². The van der Waals surface area contributed by atoms with Crippen LogP contribution in [0.4, 0.5) is 13.2 Å². The van der Waals surface area contributed by atoms with Crippen LogP contribution in [-0.4, -0.2) is 25.3 Å². The van der Waals surface area contributed by atoms with Crippen LogP contribution in [0.25, 0.3) is 0 Å². The number of rotatable bonds is 5. The summed E-state index contributed by atoms with van der Waals surface area (Å²) in [7, 11) is 0. The molecule has 0 rings (SSSR count). The van der Waals surface area contributed by atoms with Crippen molar-refractivity contribution in [2.75, 3.05) is 13.3 Å². The molecule has 0 bridgehead atoms. The van der Waals surface area contributed by atoms with Crippen molar-refractivity contribution in [3.05, 3.63) is 12.7 Å². The third kappa shape index (κ3) is 2.93. The van der Waals surface area contributed by atoms with E-state index in [4.69, 9.17) is 0 Å². The highest BCUT2D eigenvalue weighted by molar-refractivity contribution is 4.91. The van der Waals surface area contributed by atoms with Crippen molar-refractivity contribution in [2.24, 2.45) is 0 Å². The molecule has 0 aliphatic rings. The lowest BCUT2D eigenvalue weighted by atomic mass is 10.2. The van der Waals surface area contributed by atoms with Gasteiger partial charge in [-0.1, -0.05) is 6.08 Å². The minimum atomic E-state index is -3.45. The maximum absolute atomic E-state index is 12.4. The largest absolute Gasteiger partial charge is 0.368 e. The molecule has 4 heteroatoms. The van der Waals surface area contributed by atoms with E-state index in [1.54, 1.807) is 6.92 Å². The molecule has 0 aliphatic carbocycles. The van der Waals surface area contributed by atoms with Crippen molar-refractivity contribution < 1.29 is 17.9 Å². The molecule has 1 atom stereocenters. The minimum Gasteiger partial charge on any atom is -0.368 e. The average Bonchev–Trinajstić information content (AvgIpc) is 2.00. The van der Waals surface area contributed by atoms with E-state index in [9.17, 15) is 13.2 Å². The van der Waals surface area contributed by atoms with E-state index >= 15 is 0 Å². The molecule has 0 radical (unpaired) electrons. The van der Waals surface area contributed by atoms with Gasteiger partial charge in [0.05, 0.1) is 0 Å². The maximum Gasteiger partial charge on any atom is 0.304 e. The monoisotopic (exact) mass is 168 g/mol. The Kier molecular flexibility index (Phi) is 4.18. The van der Waals surface area contributed by atoms with E-state index in [1.807, 2.05) is 0 Å². The zero-order valence-electron chi connectivity index (χ0n) is 6.32. The van der Waals surface area contributed by atoms with Crippen LogP contribution in [0.15, 0.2) is 12.7 Å². The van der Waals surface area contributed by atoms with E-state index in [-0.39, 0.29) is 6.61 Å². The van der Waals surface area contributed by atoms with Gasteiger partial charge in [-0.05, 0) is 6.92 Å². The van der Waals surface area contributed by atoms with Crippen LogP contribution in [-0.2, 0) is 4.74 Å². The van der Waals surface area contributed by atoms with E-state index < -0.39 is 18.7 Å². The SMILES string of the molecule is C=CC(OCC)C(F)(F)CF. The van der Waals surface area contributed by atoms with E-state index in [0.29, 0.717) is 0 Å². The molecule has 0 aromatic rings. The highest BCUT2D eigenvalue weighted by Gasteiger charge is 2.38. The van der Waals surface area contributed by atoms with Crippen LogP contribution in [0.2, 0.25) is 0 Å². The predicted octanol–water partition coefficient (Wildman–Crippen LogP) is 2.18.